The van der Waals surface area contributed by atoms with Crippen LogP contribution >= 0.6 is 0 Å². The lowest BCUT2D eigenvalue weighted by atomic mass is 9.97. The lowest BCUT2D eigenvalue weighted by Gasteiger charge is -2.23. The molecular weight excluding hydrogens is 214 g/mol. The fraction of sp³-hybridized carbons (Fsp3) is 1.00. The predicted octanol–water partition coefficient (Wildman–Crippen LogP) is 2.35. The molecule has 100 valence electrons. The van der Waals surface area contributed by atoms with Crippen LogP contribution in [0.4, 0.5) is 0 Å². The van der Waals surface area contributed by atoms with Crippen molar-refractivity contribution in [1.29, 1.82) is 0 Å². The van der Waals surface area contributed by atoms with Gasteiger partial charge in [-0.1, -0.05) is 0 Å². The summed E-state index contributed by atoms with van der Waals surface area (Å²) in [6.45, 7) is 8.39. The SMILES string of the molecule is CC1(C)CCC(COCCC2CCCNC2)O1. The van der Waals surface area contributed by atoms with E-state index in [4.69, 9.17) is 9.47 Å². The van der Waals surface area contributed by atoms with Gasteiger partial charge in [0.25, 0.3) is 0 Å². The highest BCUT2D eigenvalue weighted by molar-refractivity contribution is 4.80. The zero-order chi connectivity index (χ0) is 12.1. The molecule has 0 aromatic rings. The van der Waals surface area contributed by atoms with Crippen molar-refractivity contribution in [2.24, 2.45) is 5.92 Å². The highest BCUT2D eigenvalue weighted by atomic mass is 16.5. The van der Waals surface area contributed by atoms with Crippen LogP contribution in [-0.2, 0) is 9.47 Å². The maximum Gasteiger partial charge on any atom is 0.0816 e. The van der Waals surface area contributed by atoms with Crippen LogP contribution in [0.3, 0.4) is 0 Å². The smallest absolute Gasteiger partial charge is 0.0816 e. The van der Waals surface area contributed by atoms with E-state index in [0.29, 0.717) is 6.10 Å². The van der Waals surface area contributed by atoms with Crippen LogP contribution in [0.25, 0.3) is 0 Å². The Labute approximate surface area is 105 Å². The summed E-state index contributed by atoms with van der Waals surface area (Å²) in [6.07, 6.45) is 6.53. The first kappa shape index (κ1) is 13.3. The minimum Gasteiger partial charge on any atom is -0.379 e. The van der Waals surface area contributed by atoms with Crippen molar-refractivity contribution in [3.63, 3.8) is 0 Å². The molecule has 2 aliphatic rings. The Balaban J connectivity index is 1.51. The van der Waals surface area contributed by atoms with Gasteiger partial charge in [-0.05, 0) is 65.0 Å². The number of piperidine rings is 1. The zero-order valence-corrected chi connectivity index (χ0v) is 11.3. The molecule has 0 radical (unpaired) electrons. The molecule has 0 spiro atoms. The van der Waals surface area contributed by atoms with Crippen molar-refractivity contribution in [3.8, 4) is 0 Å². The van der Waals surface area contributed by atoms with E-state index in [1.54, 1.807) is 0 Å². The van der Waals surface area contributed by atoms with Crippen molar-refractivity contribution < 1.29 is 9.47 Å². The van der Waals surface area contributed by atoms with E-state index in [2.05, 4.69) is 19.2 Å². The van der Waals surface area contributed by atoms with Gasteiger partial charge in [0.1, 0.15) is 0 Å². The molecule has 0 aromatic heterocycles. The van der Waals surface area contributed by atoms with Gasteiger partial charge in [-0.3, -0.25) is 0 Å². The molecule has 0 amide bonds. The summed E-state index contributed by atoms with van der Waals surface area (Å²) in [5, 5.41) is 3.45. The summed E-state index contributed by atoms with van der Waals surface area (Å²) >= 11 is 0. The van der Waals surface area contributed by atoms with Crippen LogP contribution in [0.15, 0.2) is 0 Å². The quantitative estimate of drug-likeness (QED) is 0.750. The molecule has 2 fully saturated rings. The highest BCUT2D eigenvalue weighted by Crippen LogP contribution is 2.29. The van der Waals surface area contributed by atoms with E-state index >= 15 is 0 Å². The fourth-order valence-electron chi connectivity index (χ4n) is 2.83. The maximum absolute atomic E-state index is 5.90. The van der Waals surface area contributed by atoms with Crippen molar-refractivity contribution in [1.82, 2.24) is 5.32 Å². The van der Waals surface area contributed by atoms with Gasteiger partial charge in [0.05, 0.1) is 18.3 Å². The summed E-state index contributed by atoms with van der Waals surface area (Å²) in [5.41, 5.74) is 0.0708. The van der Waals surface area contributed by atoms with Crippen LogP contribution in [0.1, 0.15) is 46.0 Å². The first-order valence-electron chi connectivity index (χ1n) is 7.12. The topological polar surface area (TPSA) is 30.5 Å². The zero-order valence-electron chi connectivity index (χ0n) is 11.3. The summed E-state index contributed by atoms with van der Waals surface area (Å²) in [5.74, 6) is 0.824. The van der Waals surface area contributed by atoms with E-state index in [1.165, 1.54) is 32.4 Å². The maximum atomic E-state index is 5.90. The van der Waals surface area contributed by atoms with Crippen LogP contribution in [0, 0.1) is 5.92 Å². The average Bonchev–Trinajstić information content (AvgIpc) is 2.66. The van der Waals surface area contributed by atoms with E-state index < -0.39 is 0 Å². The first-order valence-corrected chi connectivity index (χ1v) is 7.12. The van der Waals surface area contributed by atoms with Gasteiger partial charge in [0.15, 0.2) is 0 Å². The minimum atomic E-state index is 0.0708. The molecule has 0 saturated carbocycles. The molecule has 2 atom stereocenters. The Hall–Kier alpha value is -0.120. The minimum absolute atomic E-state index is 0.0708. The standard InChI is InChI=1S/C14H27NO2/c1-14(2)7-5-13(17-14)11-16-9-6-12-4-3-8-15-10-12/h12-13,15H,3-11H2,1-2H3. The molecular formula is C14H27NO2. The van der Waals surface area contributed by atoms with E-state index in [9.17, 15) is 0 Å². The Bertz CT molecular complexity index is 224. The molecule has 0 bridgehead atoms. The van der Waals surface area contributed by atoms with Crippen molar-refractivity contribution >= 4 is 0 Å². The number of ether oxygens (including phenoxy) is 2. The monoisotopic (exact) mass is 241 g/mol. The second-order valence-electron chi connectivity index (χ2n) is 6.11. The Kier molecular flexibility index (Phi) is 4.83. The van der Waals surface area contributed by atoms with Crippen molar-refractivity contribution in [2.45, 2.75) is 57.7 Å². The average molecular weight is 241 g/mol. The third-order valence-corrected chi connectivity index (χ3v) is 3.93. The van der Waals surface area contributed by atoms with Gasteiger partial charge in [-0.15, -0.1) is 0 Å². The molecule has 2 rings (SSSR count). The first-order chi connectivity index (χ1) is 8.16. The van der Waals surface area contributed by atoms with Crippen LogP contribution in [0.5, 0.6) is 0 Å². The Morgan fingerprint density at radius 3 is 2.88 bits per heavy atom. The molecule has 2 unspecified atom stereocenters. The molecule has 0 aromatic carbocycles. The lowest BCUT2D eigenvalue weighted by Crippen LogP contribution is -2.30. The van der Waals surface area contributed by atoms with Crippen molar-refractivity contribution in [3.05, 3.63) is 0 Å². The number of nitrogens with one attached hydrogen (secondary N) is 1. The lowest BCUT2D eigenvalue weighted by molar-refractivity contribution is -0.0547. The molecule has 3 nitrogen and oxygen atoms in total. The van der Waals surface area contributed by atoms with Gasteiger partial charge in [-0.2, -0.15) is 0 Å². The van der Waals surface area contributed by atoms with E-state index in [-0.39, 0.29) is 5.60 Å². The van der Waals surface area contributed by atoms with Crippen LogP contribution in [-0.4, -0.2) is 38.0 Å². The number of hydrogen-bond acceptors (Lipinski definition) is 3. The Morgan fingerprint density at radius 2 is 2.24 bits per heavy atom. The van der Waals surface area contributed by atoms with Crippen molar-refractivity contribution in [2.75, 3.05) is 26.3 Å². The van der Waals surface area contributed by atoms with Gasteiger partial charge in [0.2, 0.25) is 0 Å². The van der Waals surface area contributed by atoms with Gasteiger partial charge in [-0.25, -0.2) is 0 Å². The summed E-state index contributed by atoms with van der Waals surface area (Å²) in [4.78, 5) is 0. The number of hydrogen-bond donors (Lipinski definition) is 1. The molecule has 2 aliphatic heterocycles. The van der Waals surface area contributed by atoms with Gasteiger partial charge in [0, 0.05) is 6.61 Å². The summed E-state index contributed by atoms with van der Waals surface area (Å²) in [6, 6.07) is 0. The molecule has 0 aliphatic carbocycles. The van der Waals surface area contributed by atoms with Crippen LogP contribution < -0.4 is 5.32 Å². The third-order valence-electron chi connectivity index (χ3n) is 3.93. The molecule has 1 N–H and O–H groups in total. The molecule has 17 heavy (non-hydrogen) atoms. The third kappa shape index (κ3) is 4.57. The van der Waals surface area contributed by atoms with Gasteiger partial charge < -0.3 is 14.8 Å². The summed E-state index contributed by atoms with van der Waals surface area (Å²) in [7, 11) is 0. The second kappa shape index (κ2) is 6.17. The molecule has 2 heterocycles. The summed E-state index contributed by atoms with van der Waals surface area (Å²) < 4.78 is 11.7. The van der Waals surface area contributed by atoms with E-state index in [0.717, 1.165) is 32.0 Å². The molecule has 2 saturated heterocycles. The Morgan fingerprint density at radius 1 is 1.35 bits per heavy atom. The number of rotatable bonds is 5. The van der Waals surface area contributed by atoms with E-state index in [1.807, 2.05) is 0 Å². The fourth-order valence-corrected chi connectivity index (χ4v) is 2.83. The largest absolute Gasteiger partial charge is 0.379 e. The predicted molar refractivity (Wildman–Crippen MR) is 69.2 cm³/mol. The second-order valence-corrected chi connectivity index (χ2v) is 6.11. The normalized spacial score (nSPS) is 32.8. The van der Waals surface area contributed by atoms with Gasteiger partial charge >= 0.3 is 0 Å². The highest BCUT2D eigenvalue weighted by Gasteiger charge is 2.31. The van der Waals surface area contributed by atoms with Crippen LogP contribution in [0.2, 0.25) is 0 Å². The molecule has 3 heteroatoms.